The van der Waals surface area contributed by atoms with E-state index in [-0.39, 0.29) is 16.0 Å². The summed E-state index contributed by atoms with van der Waals surface area (Å²) < 4.78 is 37.7. The third-order valence-electron chi connectivity index (χ3n) is 1.95. The van der Waals surface area contributed by atoms with Crippen LogP contribution in [0.3, 0.4) is 0 Å². The summed E-state index contributed by atoms with van der Waals surface area (Å²) in [6.07, 6.45) is -4.65. The van der Waals surface area contributed by atoms with Crippen LogP contribution in [-0.2, 0) is 6.18 Å². The molecule has 5 N–H and O–H groups in total. The van der Waals surface area contributed by atoms with Crippen LogP contribution in [0.2, 0.25) is 0 Å². The van der Waals surface area contributed by atoms with E-state index in [1.807, 2.05) is 0 Å². The zero-order chi connectivity index (χ0) is 14.9. The molecule has 0 aromatic carbocycles. The van der Waals surface area contributed by atoms with Crippen LogP contribution in [-0.4, -0.2) is 19.9 Å². The van der Waals surface area contributed by atoms with Gasteiger partial charge < -0.3 is 16.5 Å². The summed E-state index contributed by atoms with van der Waals surface area (Å²) in [6.45, 7) is 0. The molecule has 0 fully saturated rings. The first-order chi connectivity index (χ1) is 9.24. The molecule has 0 unspecified atom stereocenters. The molecule has 2 heterocycles. The third-order valence-corrected chi connectivity index (χ3v) is 2.76. The highest BCUT2D eigenvalue weighted by atomic mass is 32.2. The lowest BCUT2D eigenvalue weighted by Crippen LogP contribution is -2.12. The summed E-state index contributed by atoms with van der Waals surface area (Å²) in [4.78, 5) is 24.0. The van der Waals surface area contributed by atoms with E-state index in [4.69, 9.17) is 11.5 Å². The van der Waals surface area contributed by atoms with Crippen molar-refractivity contribution in [3.63, 3.8) is 0 Å². The maximum Gasteiger partial charge on any atom is 0.433 e. The van der Waals surface area contributed by atoms with Gasteiger partial charge in [0.2, 0.25) is 5.95 Å². The summed E-state index contributed by atoms with van der Waals surface area (Å²) in [5.74, 6) is -0.595. The number of anilines is 2. The monoisotopic (exact) mass is 304 g/mol. The minimum Gasteiger partial charge on any atom is -0.383 e. The van der Waals surface area contributed by atoms with E-state index in [1.54, 1.807) is 0 Å². The summed E-state index contributed by atoms with van der Waals surface area (Å²) in [7, 11) is 0. The Labute approximate surface area is 113 Å². The highest BCUT2D eigenvalue weighted by Crippen LogP contribution is 2.31. The predicted molar refractivity (Wildman–Crippen MR) is 64.8 cm³/mol. The topological polar surface area (TPSA) is 124 Å². The summed E-state index contributed by atoms with van der Waals surface area (Å²) in [5.41, 5.74) is 8.87. The van der Waals surface area contributed by atoms with Gasteiger partial charge in [-0.25, -0.2) is 15.0 Å². The fraction of sp³-hybridized carbons (Fsp3) is 0.111. The molecule has 0 atom stereocenters. The predicted octanol–water partition coefficient (Wildman–Crippen LogP) is 0.894. The molecule has 0 amide bonds. The average molecular weight is 304 g/mol. The number of nitrogens with two attached hydrogens (primary N) is 2. The number of halogens is 3. The van der Waals surface area contributed by atoms with Gasteiger partial charge in [-0.05, 0) is 11.8 Å². The number of nitrogens with zero attached hydrogens (tertiary/aromatic N) is 3. The first-order valence-corrected chi connectivity index (χ1v) is 5.82. The van der Waals surface area contributed by atoms with Crippen LogP contribution in [0.15, 0.2) is 27.1 Å². The lowest BCUT2D eigenvalue weighted by Gasteiger charge is -2.08. The number of alkyl halides is 3. The Kier molecular flexibility index (Phi) is 3.53. The van der Waals surface area contributed by atoms with Crippen molar-refractivity contribution in [3.8, 4) is 0 Å². The number of nitrogens with one attached hydrogen (secondary N) is 1. The van der Waals surface area contributed by atoms with Crippen molar-refractivity contribution in [3.05, 3.63) is 28.2 Å². The van der Waals surface area contributed by atoms with Crippen LogP contribution in [0.5, 0.6) is 0 Å². The SMILES string of the molecule is Nc1cc(=O)[nH]c(Sc2cc(C(F)(F)F)nc(N)n2)n1. The first kappa shape index (κ1) is 14.1. The molecule has 2 rings (SSSR count). The molecule has 0 aliphatic rings. The highest BCUT2D eigenvalue weighted by molar-refractivity contribution is 7.99. The van der Waals surface area contributed by atoms with Crippen molar-refractivity contribution in [1.82, 2.24) is 19.9 Å². The second-order valence-corrected chi connectivity index (χ2v) is 4.53. The fourth-order valence-electron chi connectivity index (χ4n) is 1.24. The quantitative estimate of drug-likeness (QED) is 0.556. The molecule has 0 aliphatic heterocycles. The van der Waals surface area contributed by atoms with Gasteiger partial charge in [-0.2, -0.15) is 13.2 Å². The molecular formula is C9H7F3N6OS. The molecule has 20 heavy (non-hydrogen) atoms. The van der Waals surface area contributed by atoms with E-state index >= 15 is 0 Å². The van der Waals surface area contributed by atoms with Gasteiger partial charge in [0.15, 0.2) is 10.9 Å². The molecule has 2 aromatic heterocycles. The van der Waals surface area contributed by atoms with Crippen molar-refractivity contribution in [2.45, 2.75) is 16.4 Å². The average Bonchev–Trinajstić information content (AvgIpc) is 2.25. The van der Waals surface area contributed by atoms with E-state index in [0.29, 0.717) is 17.8 Å². The molecule has 106 valence electrons. The molecule has 7 nitrogen and oxygen atoms in total. The zero-order valence-corrected chi connectivity index (χ0v) is 10.4. The number of nitrogen functional groups attached to an aromatic ring is 2. The number of aromatic nitrogens is 4. The molecule has 0 saturated heterocycles. The van der Waals surface area contributed by atoms with E-state index in [0.717, 1.165) is 6.07 Å². The Bertz CT molecular complexity index is 701. The zero-order valence-electron chi connectivity index (χ0n) is 9.60. The molecule has 0 saturated carbocycles. The number of aromatic amines is 1. The van der Waals surface area contributed by atoms with Gasteiger partial charge in [-0.15, -0.1) is 0 Å². The van der Waals surface area contributed by atoms with E-state index in [2.05, 4.69) is 19.9 Å². The van der Waals surface area contributed by atoms with Gasteiger partial charge >= 0.3 is 6.18 Å². The summed E-state index contributed by atoms with van der Waals surface area (Å²) in [6, 6.07) is 1.74. The van der Waals surface area contributed by atoms with Gasteiger partial charge in [0.1, 0.15) is 10.8 Å². The minimum absolute atomic E-state index is 0.00113. The lowest BCUT2D eigenvalue weighted by atomic mass is 10.4. The summed E-state index contributed by atoms with van der Waals surface area (Å²) >= 11 is 0.683. The molecule has 0 bridgehead atoms. The molecular weight excluding hydrogens is 297 g/mol. The largest absolute Gasteiger partial charge is 0.433 e. The van der Waals surface area contributed by atoms with Crippen molar-refractivity contribution < 1.29 is 13.2 Å². The van der Waals surface area contributed by atoms with Gasteiger partial charge in [-0.1, -0.05) is 0 Å². The van der Waals surface area contributed by atoms with Crippen molar-refractivity contribution in [2.24, 2.45) is 0 Å². The second kappa shape index (κ2) is 5.00. The first-order valence-electron chi connectivity index (χ1n) is 5.00. The normalized spacial score (nSPS) is 11.6. The van der Waals surface area contributed by atoms with Gasteiger partial charge in [0, 0.05) is 12.1 Å². The van der Waals surface area contributed by atoms with Gasteiger partial charge in [0.25, 0.3) is 5.56 Å². The highest BCUT2D eigenvalue weighted by Gasteiger charge is 2.33. The Morgan fingerprint density at radius 3 is 2.45 bits per heavy atom. The number of rotatable bonds is 2. The minimum atomic E-state index is -4.65. The van der Waals surface area contributed by atoms with Crippen LogP contribution < -0.4 is 17.0 Å². The van der Waals surface area contributed by atoms with E-state index in [1.165, 1.54) is 0 Å². The maximum atomic E-state index is 12.6. The van der Waals surface area contributed by atoms with Crippen molar-refractivity contribution in [1.29, 1.82) is 0 Å². The van der Waals surface area contributed by atoms with Crippen LogP contribution in [0.25, 0.3) is 0 Å². The number of H-pyrrole nitrogens is 1. The van der Waals surface area contributed by atoms with E-state index in [9.17, 15) is 18.0 Å². The standard InChI is InChI=1S/C9H7F3N6OS/c10-9(11,12)3-1-6(18-7(14)15-3)20-8-16-4(13)2-5(19)17-8/h1-2H,(H2,14,15,18)(H3,13,16,17,19). The molecule has 0 spiro atoms. The van der Waals surface area contributed by atoms with Crippen molar-refractivity contribution >= 4 is 23.5 Å². The Balaban J connectivity index is 2.38. The molecule has 0 radical (unpaired) electrons. The molecule has 2 aromatic rings. The number of hydrogen-bond donors (Lipinski definition) is 3. The van der Waals surface area contributed by atoms with Crippen LogP contribution in [0.4, 0.5) is 24.9 Å². The van der Waals surface area contributed by atoms with Crippen LogP contribution in [0.1, 0.15) is 5.69 Å². The smallest absolute Gasteiger partial charge is 0.383 e. The summed E-state index contributed by atoms with van der Waals surface area (Å²) in [5, 5.41) is -0.111. The second-order valence-electron chi connectivity index (χ2n) is 3.52. The third kappa shape index (κ3) is 3.38. The van der Waals surface area contributed by atoms with E-state index < -0.39 is 23.4 Å². The Hall–Kier alpha value is -2.30. The fourth-order valence-corrected chi connectivity index (χ4v) is 2.05. The number of hydrogen-bond acceptors (Lipinski definition) is 7. The van der Waals surface area contributed by atoms with Crippen molar-refractivity contribution in [2.75, 3.05) is 11.5 Å². The maximum absolute atomic E-state index is 12.6. The lowest BCUT2D eigenvalue weighted by molar-refractivity contribution is -0.141. The Morgan fingerprint density at radius 2 is 1.85 bits per heavy atom. The van der Waals surface area contributed by atoms with Gasteiger partial charge in [-0.3, -0.25) is 4.79 Å². The van der Waals surface area contributed by atoms with Crippen LogP contribution >= 0.6 is 11.8 Å². The van der Waals surface area contributed by atoms with Crippen LogP contribution in [0, 0.1) is 0 Å². The molecule has 11 heteroatoms. The molecule has 0 aliphatic carbocycles. The Morgan fingerprint density at radius 1 is 1.15 bits per heavy atom. The van der Waals surface area contributed by atoms with Gasteiger partial charge in [0.05, 0.1) is 0 Å².